The Morgan fingerprint density at radius 1 is 1.38 bits per heavy atom. The van der Waals surface area contributed by atoms with Gasteiger partial charge in [-0.2, -0.15) is 0 Å². The Kier molecular flexibility index (Phi) is 3.00. The van der Waals surface area contributed by atoms with E-state index in [-0.39, 0.29) is 11.7 Å². The van der Waals surface area contributed by atoms with Gasteiger partial charge in [-0.25, -0.2) is 0 Å². The van der Waals surface area contributed by atoms with E-state index in [0.717, 1.165) is 0 Å². The van der Waals surface area contributed by atoms with Crippen LogP contribution in [0.1, 0.15) is 34.6 Å². The van der Waals surface area contributed by atoms with Crippen molar-refractivity contribution in [2.75, 3.05) is 13.2 Å². The summed E-state index contributed by atoms with van der Waals surface area (Å²) in [5.41, 5.74) is -0.101. The molecule has 13 heavy (non-hydrogen) atoms. The molecule has 1 aliphatic rings. The molecule has 78 valence electrons. The number of ether oxygens (including phenoxy) is 3. The Hall–Kier alpha value is -0.120. The van der Waals surface area contributed by atoms with Gasteiger partial charge in [-0.1, -0.05) is 0 Å². The third kappa shape index (κ3) is 4.07. The topological polar surface area (TPSA) is 27.7 Å². The highest BCUT2D eigenvalue weighted by Crippen LogP contribution is 2.23. The van der Waals surface area contributed by atoms with E-state index in [2.05, 4.69) is 0 Å². The molecule has 0 amide bonds. The van der Waals surface area contributed by atoms with Gasteiger partial charge in [-0.15, -0.1) is 0 Å². The molecule has 3 nitrogen and oxygen atoms in total. The fourth-order valence-corrected chi connectivity index (χ4v) is 1.19. The monoisotopic (exact) mass is 188 g/mol. The Morgan fingerprint density at radius 2 is 2.00 bits per heavy atom. The Labute approximate surface area is 80.4 Å². The quantitative estimate of drug-likeness (QED) is 0.663. The average molecular weight is 188 g/mol. The lowest BCUT2D eigenvalue weighted by molar-refractivity contribution is -0.151. The van der Waals surface area contributed by atoms with Crippen molar-refractivity contribution in [3.05, 3.63) is 0 Å². The van der Waals surface area contributed by atoms with E-state index < -0.39 is 5.79 Å². The van der Waals surface area contributed by atoms with Crippen molar-refractivity contribution in [1.29, 1.82) is 0 Å². The van der Waals surface area contributed by atoms with Crippen LogP contribution in [0.5, 0.6) is 0 Å². The summed E-state index contributed by atoms with van der Waals surface area (Å²) in [6, 6.07) is 0. The highest BCUT2D eigenvalue weighted by atomic mass is 16.7. The van der Waals surface area contributed by atoms with Gasteiger partial charge in [0.15, 0.2) is 5.79 Å². The first-order valence-electron chi connectivity index (χ1n) is 4.74. The zero-order chi connectivity index (χ0) is 10.1. The minimum atomic E-state index is -0.439. The van der Waals surface area contributed by atoms with Crippen LogP contribution in [0.15, 0.2) is 0 Å². The van der Waals surface area contributed by atoms with Gasteiger partial charge in [-0.05, 0) is 34.6 Å². The highest BCUT2D eigenvalue weighted by molar-refractivity contribution is 4.71. The third-order valence-corrected chi connectivity index (χ3v) is 1.77. The van der Waals surface area contributed by atoms with E-state index in [0.29, 0.717) is 13.2 Å². The summed E-state index contributed by atoms with van der Waals surface area (Å²) in [4.78, 5) is 0. The zero-order valence-corrected chi connectivity index (χ0v) is 9.22. The van der Waals surface area contributed by atoms with Crippen LogP contribution in [0, 0.1) is 0 Å². The zero-order valence-electron chi connectivity index (χ0n) is 9.22. The Bertz CT molecular complexity index is 169. The summed E-state index contributed by atoms with van der Waals surface area (Å²) in [5, 5.41) is 0. The van der Waals surface area contributed by atoms with Crippen molar-refractivity contribution in [3.8, 4) is 0 Å². The van der Waals surface area contributed by atoms with Crippen LogP contribution < -0.4 is 0 Å². The van der Waals surface area contributed by atoms with E-state index in [1.165, 1.54) is 0 Å². The van der Waals surface area contributed by atoms with Crippen molar-refractivity contribution in [2.24, 2.45) is 0 Å². The SMILES string of the molecule is CC(C)(C)OC[C@H]1COC(C)(C)O1. The highest BCUT2D eigenvalue weighted by Gasteiger charge is 2.33. The van der Waals surface area contributed by atoms with Crippen molar-refractivity contribution in [3.63, 3.8) is 0 Å². The molecule has 1 atom stereocenters. The summed E-state index contributed by atoms with van der Waals surface area (Å²) in [5.74, 6) is -0.439. The number of rotatable bonds is 2. The maximum absolute atomic E-state index is 5.60. The molecule has 0 aromatic carbocycles. The molecule has 0 saturated carbocycles. The van der Waals surface area contributed by atoms with Crippen LogP contribution in [0.4, 0.5) is 0 Å². The molecule has 3 heteroatoms. The number of hydrogen-bond donors (Lipinski definition) is 0. The molecule has 1 heterocycles. The van der Waals surface area contributed by atoms with Gasteiger partial charge in [0, 0.05) is 0 Å². The summed E-state index contributed by atoms with van der Waals surface area (Å²) in [6.45, 7) is 11.2. The van der Waals surface area contributed by atoms with E-state index in [4.69, 9.17) is 14.2 Å². The van der Waals surface area contributed by atoms with Crippen LogP contribution in [0.3, 0.4) is 0 Å². The normalized spacial score (nSPS) is 27.9. The molecule has 0 aromatic heterocycles. The lowest BCUT2D eigenvalue weighted by Gasteiger charge is -2.22. The predicted molar refractivity (Wildman–Crippen MR) is 50.6 cm³/mol. The predicted octanol–water partition coefficient (Wildman–Crippen LogP) is 1.95. The summed E-state index contributed by atoms with van der Waals surface area (Å²) in [6.07, 6.45) is 0.0780. The molecule has 1 saturated heterocycles. The van der Waals surface area contributed by atoms with Gasteiger partial charge >= 0.3 is 0 Å². The molecular weight excluding hydrogens is 168 g/mol. The Balaban J connectivity index is 2.25. The average Bonchev–Trinajstić information content (AvgIpc) is 2.24. The van der Waals surface area contributed by atoms with E-state index in [1.54, 1.807) is 0 Å². The van der Waals surface area contributed by atoms with Crippen molar-refractivity contribution in [2.45, 2.75) is 52.1 Å². The smallest absolute Gasteiger partial charge is 0.163 e. The second kappa shape index (κ2) is 3.56. The summed E-state index contributed by atoms with van der Waals surface area (Å²) in [7, 11) is 0. The fourth-order valence-electron chi connectivity index (χ4n) is 1.19. The van der Waals surface area contributed by atoms with E-state index in [9.17, 15) is 0 Å². The van der Waals surface area contributed by atoms with Crippen LogP contribution in [0.2, 0.25) is 0 Å². The first kappa shape index (κ1) is 11.0. The van der Waals surface area contributed by atoms with Crippen LogP contribution in [-0.4, -0.2) is 30.7 Å². The second-order valence-electron chi connectivity index (χ2n) is 4.87. The largest absolute Gasteiger partial charge is 0.373 e. The molecule has 0 aromatic rings. The van der Waals surface area contributed by atoms with Gasteiger partial charge in [0.2, 0.25) is 0 Å². The minimum absolute atomic E-state index is 0.0780. The van der Waals surface area contributed by atoms with Gasteiger partial charge in [-0.3, -0.25) is 0 Å². The maximum Gasteiger partial charge on any atom is 0.163 e. The molecule has 0 radical (unpaired) electrons. The van der Waals surface area contributed by atoms with Crippen molar-refractivity contribution < 1.29 is 14.2 Å². The van der Waals surface area contributed by atoms with Crippen LogP contribution >= 0.6 is 0 Å². The first-order chi connectivity index (χ1) is 5.79. The van der Waals surface area contributed by atoms with E-state index >= 15 is 0 Å². The minimum Gasteiger partial charge on any atom is -0.373 e. The van der Waals surface area contributed by atoms with E-state index in [1.807, 2.05) is 34.6 Å². The maximum atomic E-state index is 5.60. The third-order valence-electron chi connectivity index (χ3n) is 1.77. The molecule has 1 rings (SSSR count). The molecule has 1 fully saturated rings. The molecule has 0 aliphatic carbocycles. The standard InChI is InChI=1S/C10H20O3/c1-9(2,3)11-6-8-7-12-10(4,5)13-8/h8H,6-7H2,1-5H3/t8-/m0/s1. The molecule has 1 aliphatic heterocycles. The lowest BCUT2D eigenvalue weighted by atomic mass is 10.2. The van der Waals surface area contributed by atoms with Crippen molar-refractivity contribution >= 4 is 0 Å². The first-order valence-corrected chi connectivity index (χ1v) is 4.74. The van der Waals surface area contributed by atoms with Crippen LogP contribution in [0.25, 0.3) is 0 Å². The van der Waals surface area contributed by atoms with Gasteiger partial charge in [0.05, 0.1) is 18.8 Å². The number of hydrogen-bond acceptors (Lipinski definition) is 3. The van der Waals surface area contributed by atoms with Gasteiger partial charge in [0.1, 0.15) is 6.10 Å². The molecule has 0 spiro atoms. The summed E-state index contributed by atoms with van der Waals surface area (Å²) >= 11 is 0. The van der Waals surface area contributed by atoms with Crippen LogP contribution in [-0.2, 0) is 14.2 Å². The van der Waals surface area contributed by atoms with Gasteiger partial charge < -0.3 is 14.2 Å². The Morgan fingerprint density at radius 3 is 2.38 bits per heavy atom. The van der Waals surface area contributed by atoms with Crippen molar-refractivity contribution in [1.82, 2.24) is 0 Å². The van der Waals surface area contributed by atoms with Gasteiger partial charge in [0.25, 0.3) is 0 Å². The second-order valence-corrected chi connectivity index (χ2v) is 4.87. The lowest BCUT2D eigenvalue weighted by Crippen LogP contribution is -2.29. The molecule has 0 N–H and O–H groups in total. The molecular formula is C10H20O3. The molecule has 0 bridgehead atoms. The summed E-state index contributed by atoms with van der Waals surface area (Å²) < 4.78 is 16.6. The fraction of sp³-hybridized carbons (Fsp3) is 1.00. The molecule has 0 unspecified atom stereocenters.